The molecule has 0 saturated heterocycles. The Bertz CT molecular complexity index is 3120. The van der Waals surface area contributed by atoms with Crippen LogP contribution in [0.1, 0.15) is 168 Å². The number of carbonyl (C=O) groups excluding carboxylic acids is 6. The molecule has 1 aliphatic heterocycles. The summed E-state index contributed by atoms with van der Waals surface area (Å²) >= 11 is 0. The Labute approximate surface area is 506 Å². The smallest absolute Gasteiger partial charge is 0.243 e. The molecule has 2 aromatic carbocycles. The van der Waals surface area contributed by atoms with Gasteiger partial charge in [-0.15, -0.1) is 0 Å². The van der Waals surface area contributed by atoms with Crippen molar-refractivity contribution in [3.8, 4) is 28.2 Å². The first-order chi connectivity index (χ1) is 41.1. The van der Waals surface area contributed by atoms with Crippen LogP contribution in [0.4, 0.5) is 0 Å². The van der Waals surface area contributed by atoms with Crippen molar-refractivity contribution in [1.82, 2.24) is 21.3 Å². The monoisotopic (exact) mass is 1180 g/mol. The van der Waals surface area contributed by atoms with Crippen molar-refractivity contribution < 1.29 is 58.6 Å². The minimum absolute atomic E-state index is 0.150. The van der Waals surface area contributed by atoms with E-state index in [1.807, 2.05) is 19.1 Å². The van der Waals surface area contributed by atoms with Crippen LogP contribution in [0.25, 0.3) is 33.4 Å². The topological polar surface area (TPSA) is 288 Å². The molecule has 4 saturated carbocycles. The normalized spacial score (nSPS) is 25.1. The molecule has 1 heterocycles. The highest BCUT2D eigenvalue weighted by molar-refractivity contribution is 6.03. The molecule has 18 heteroatoms. The predicted octanol–water partition coefficient (Wildman–Crippen LogP) is 5.47. The maximum atomic E-state index is 13.6. The third kappa shape index (κ3) is 15.8. The molecule has 4 amide bonds. The number of carbonyl (C=O) groups is 6. The highest BCUT2D eigenvalue weighted by Gasteiger charge is 2.61. The van der Waals surface area contributed by atoms with Gasteiger partial charge in [0.1, 0.15) is 29.2 Å². The lowest BCUT2D eigenvalue weighted by Gasteiger charge is -2.61. The van der Waals surface area contributed by atoms with Gasteiger partial charge in [-0.2, -0.15) is 0 Å². The van der Waals surface area contributed by atoms with Crippen LogP contribution in [0, 0.1) is 59.2 Å². The summed E-state index contributed by atoms with van der Waals surface area (Å²) < 4.78 is 11.5. The Kier molecular flexibility index (Phi) is 22.2. The van der Waals surface area contributed by atoms with Crippen molar-refractivity contribution in [2.24, 2.45) is 57.2 Å². The van der Waals surface area contributed by atoms with Gasteiger partial charge < -0.3 is 60.6 Å². The first kappa shape index (κ1) is 65.2. The van der Waals surface area contributed by atoms with Crippen LogP contribution in [-0.2, 0) is 28.8 Å². The van der Waals surface area contributed by atoms with Gasteiger partial charge in [0.05, 0.1) is 19.7 Å². The molecule has 6 aliphatic rings. The number of amides is 4. The van der Waals surface area contributed by atoms with Gasteiger partial charge in [0.2, 0.25) is 23.6 Å². The molecule has 18 nitrogen and oxygen atoms in total. The number of rotatable bonds is 29. The number of methoxy groups -OCH3 is 1. The number of aliphatic carboxylic acids is 2. The summed E-state index contributed by atoms with van der Waals surface area (Å²) in [4.78, 5) is 92.4. The average molecular weight is 1190 g/mol. The summed E-state index contributed by atoms with van der Waals surface area (Å²) in [6.45, 7) is 15.2. The van der Waals surface area contributed by atoms with Crippen molar-refractivity contribution in [1.29, 1.82) is 0 Å². The van der Waals surface area contributed by atoms with Gasteiger partial charge in [0.15, 0.2) is 5.43 Å². The second-order valence-electron chi connectivity index (χ2n) is 26.5. The van der Waals surface area contributed by atoms with E-state index < -0.39 is 66.4 Å². The lowest BCUT2D eigenvalue weighted by molar-refractivity contribution is -0.694. The number of hydrogen-bond donors (Lipinski definition) is 5. The van der Waals surface area contributed by atoms with Crippen molar-refractivity contribution in [3.63, 3.8) is 0 Å². The molecular weight excluding hydrogens is 1090 g/mol. The van der Waals surface area contributed by atoms with Gasteiger partial charge in [-0.05, 0) is 183 Å². The van der Waals surface area contributed by atoms with E-state index in [0.29, 0.717) is 58.1 Å². The molecule has 86 heavy (non-hydrogen) atoms. The zero-order valence-electron chi connectivity index (χ0n) is 51.7. The van der Waals surface area contributed by atoms with Gasteiger partial charge in [-0.25, -0.2) is 0 Å². The molecule has 6 N–H and O–H groups in total. The van der Waals surface area contributed by atoms with E-state index in [1.165, 1.54) is 89.2 Å². The number of unbranched alkanes of at least 4 members (excludes halogenated alkanes) is 1. The standard InChI is InChI=1S/C68H94N6O12/c1-40(2)11-8-9-12-52-42(4)36-54-49-18-14-44-37-45(25-29-67(44,5)53(49)26-30-68(52,54)6)69-31-10-32-71-65(83)55(21-23-61(78)79)74-66(84)56(22-24-62(80)81)73-60(77)28-33-70-59(76)27-34-72-64(82)43-13-17-48(41(3)35-43)63-50-19-15-46(75)38-57(50)86-58-39-47(85-7)16-20-51(58)63/h13,15-17,19-20,35,38-40,42,44-45,49,52-56,69H,8-12,14,18,21-34,36-37H2,1-7H3,(H,70,76)(H,71,83)(H,72,82)(H,73,77)(H,74,84)(H,78,79)(H,80,81)/p-2. The van der Waals surface area contributed by atoms with E-state index in [0.717, 1.165) is 70.0 Å². The summed E-state index contributed by atoms with van der Waals surface area (Å²) in [6.07, 6.45) is 14.3. The Morgan fingerprint density at radius 2 is 1.48 bits per heavy atom. The van der Waals surface area contributed by atoms with E-state index in [9.17, 15) is 48.9 Å². The van der Waals surface area contributed by atoms with Crippen molar-refractivity contribution in [2.45, 2.75) is 182 Å². The Morgan fingerprint density at radius 1 is 0.744 bits per heavy atom. The summed E-state index contributed by atoms with van der Waals surface area (Å²) in [7, 11) is 1.55. The zero-order valence-corrected chi connectivity index (χ0v) is 51.7. The highest BCUT2D eigenvalue weighted by Crippen LogP contribution is 2.69. The summed E-state index contributed by atoms with van der Waals surface area (Å²) in [5, 5.41) is 49.8. The fourth-order valence-corrected chi connectivity index (χ4v) is 16.0. The fraction of sp³-hybridized carbons (Fsp3) is 0.618. The predicted molar refractivity (Wildman–Crippen MR) is 323 cm³/mol. The highest BCUT2D eigenvalue weighted by atomic mass is 16.5. The van der Waals surface area contributed by atoms with Gasteiger partial charge in [-0.1, -0.05) is 72.1 Å². The quantitative estimate of drug-likeness (QED) is 0.0196. The van der Waals surface area contributed by atoms with Crippen LogP contribution in [-0.4, -0.2) is 92.9 Å². The van der Waals surface area contributed by atoms with E-state index >= 15 is 0 Å². The van der Waals surface area contributed by atoms with Crippen molar-refractivity contribution in [2.75, 3.05) is 33.3 Å². The second kappa shape index (κ2) is 29.2. The number of hydrogen-bond acceptors (Lipinski definition) is 13. The number of ether oxygens (including phenoxy) is 1. The maximum absolute atomic E-state index is 13.6. The molecule has 8 rings (SSSR count). The van der Waals surface area contributed by atoms with Crippen LogP contribution in [0.15, 0.2) is 68.8 Å². The number of quaternary nitrogens is 1. The number of fused-ring (bicyclic) bond motifs is 7. The Hall–Kier alpha value is -6.82. The molecule has 0 radical (unpaired) electrons. The molecule has 2 aromatic rings. The first-order valence-electron chi connectivity index (χ1n) is 31.8. The van der Waals surface area contributed by atoms with Crippen molar-refractivity contribution in [3.05, 3.63) is 75.9 Å². The van der Waals surface area contributed by atoms with E-state index in [-0.39, 0.29) is 44.2 Å². The molecule has 11 atom stereocenters. The van der Waals surface area contributed by atoms with E-state index in [2.05, 4.69) is 66.2 Å². The second-order valence-corrected chi connectivity index (χ2v) is 26.5. The molecular formula is C68H92N6O12-2. The van der Waals surface area contributed by atoms with E-state index in [4.69, 9.17) is 9.15 Å². The molecule has 0 aromatic heterocycles. The summed E-state index contributed by atoms with van der Waals surface area (Å²) in [5.41, 5.74) is 4.55. The minimum Gasteiger partial charge on any atom is -0.858 e. The maximum Gasteiger partial charge on any atom is 0.243 e. The van der Waals surface area contributed by atoms with Crippen LogP contribution in [0.5, 0.6) is 5.75 Å². The zero-order chi connectivity index (χ0) is 61.9. The van der Waals surface area contributed by atoms with Gasteiger partial charge in [0.25, 0.3) is 0 Å². The number of aryl methyl sites for hydroxylation is 1. The van der Waals surface area contributed by atoms with Crippen LogP contribution < -0.4 is 52.1 Å². The lowest BCUT2D eigenvalue weighted by atomic mass is 9.44. The third-order valence-electron chi connectivity index (χ3n) is 20.5. The Balaban J connectivity index is 0.763. The van der Waals surface area contributed by atoms with Crippen LogP contribution in [0.2, 0.25) is 0 Å². The number of benzene rings is 3. The van der Waals surface area contributed by atoms with E-state index in [1.54, 1.807) is 37.4 Å². The molecule has 11 unspecified atom stereocenters. The summed E-state index contributed by atoms with van der Waals surface area (Å²) in [5.74, 6) is 0.516. The summed E-state index contributed by atoms with van der Waals surface area (Å²) in [6, 6.07) is 12.9. The lowest BCUT2D eigenvalue weighted by Crippen LogP contribution is -2.91. The van der Waals surface area contributed by atoms with Gasteiger partial charge >= 0.3 is 0 Å². The number of nitrogens with two attached hydrogens (primary N) is 1. The third-order valence-corrected chi connectivity index (χ3v) is 20.5. The number of carboxylic acids is 2. The first-order valence-corrected chi connectivity index (χ1v) is 31.8. The van der Waals surface area contributed by atoms with Crippen LogP contribution >= 0.6 is 0 Å². The molecule has 5 aliphatic carbocycles. The van der Waals surface area contributed by atoms with Gasteiger partial charge in [-0.3, -0.25) is 29.0 Å². The van der Waals surface area contributed by atoms with Crippen LogP contribution in [0.3, 0.4) is 0 Å². The number of aliphatic imine (C=N–C) groups is 1. The molecule has 468 valence electrons. The number of nitrogens with one attached hydrogen (secondary N) is 4. The van der Waals surface area contributed by atoms with Gasteiger partial charge in [0, 0.05) is 85.9 Å². The Morgan fingerprint density at radius 3 is 2.20 bits per heavy atom. The minimum atomic E-state index is -1.47. The largest absolute Gasteiger partial charge is 0.858 e. The van der Waals surface area contributed by atoms with Crippen molar-refractivity contribution >= 4 is 52.4 Å². The fourth-order valence-electron chi connectivity index (χ4n) is 16.0. The average Bonchev–Trinajstić information content (AvgIpc) is 2.50. The number of carboxylic acid groups (broad SMARTS) is 2. The SMILES string of the molecule is COc1ccc2c(-c3ccc(C([O-])=NCCC(=O)NCCC(=O)NC(CCC(=O)[O-])C(=O)NC(CCC(=O)[O-])C(=O)NCCC[NH2+]C4CCC5(C)C(CCC6C5CCC5(C)C(CCCCC(C)C)C(C)CC65)C4)cc3C)c3ccc(=O)cc-3oc2c1. The molecule has 4 fully saturated rings. The molecule has 0 spiro atoms. The number of nitrogens with zero attached hydrogens (tertiary/aromatic N) is 1. The molecule has 0 bridgehead atoms.